The molecule has 1 saturated carbocycles. The average molecular weight is 480 g/mol. The van der Waals surface area contributed by atoms with Crippen LogP contribution in [0, 0.1) is 17.3 Å². The fourth-order valence-electron chi connectivity index (χ4n) is 3.63. The molecule has 1 aliphatic carbocycles. The zero-order valence-corrected chi connectivity index (χ0v) is 18.9. The van der Waals surface area contributed by atoms with Crippen molar-refractivity contribution >= 4 is 17.5 Å². The van der Waals surface area contributed by atoms with Crippen molar-refractivity contribution in [3.8, 4) is 6.19 Å². The largest absolute Gasteiger partial charge is 0.363 e. The normalized spacial score (nSPS) is 13.1. The van der Waals surface area contributed by atoms with E-state index >= 15 is 4.39 Å². The summed E-state index contributed by atoms with van der Waals surface area (Å²) < 4.78 is 42.4. The number of nitrogens with one attached hydrogen (secondary N) is 2. The lowest BCUT2D eigenvalue weighted by molar-refractivity contribution is 0.0174. The molecule has 35 heavy (non-hydrogen) atoms. The second kappa shape index (κ2) is 10.0. The Morgan fingerprint density at radius 2 is 1.77 bits per heavy atom. The van der Waals surface area contributed by atoms with Gasteiger partial charge in [0, 0.05) is 37.2 Å². The molecule has 0 spiro atoms. The number of nitriles is 1. The minimum Gasteiger partial charge on any atom is -0.363 e. The molecule has 3 aromatic rings. The number of alkyl halides is 2. The van der Waals surface area contributed by atoms with Gasteiger partial charge in [0.15, 0.2) is 17.8 Å². The van der Waals surface area contributed by atoms with Crippen molar-refractivity contribution in [1.82, 2.24) is 15.3 Å². The predicted molar refractivity (Wildman–Crippen MR) is 124 cm³/mol. The van der Waals surface area contributed by atoms with Crippen molar-refractivity contribution in [2.24, 2.45) is 0 Å². The van der Waals surface area contributed by atoms with Gasteiger partial charge in [-0.15, -0.1) is 0 Å². The van der Waals surface area contributed by atoms with Gasteiger partial charge < -0.3 is 10.2 Å². The molecule has 1 aliphatic rings. The van der Waals surface area contributed by atoms with Gasteiger partial charge in [-0.2, -0.15) is 9.65 Å². The Morgan fingerprint density at radius 1 is 1.11 bits per heavy atom. The van der Waals surface area contributed by atoms with E-state index in [0.717, 1.165) is 30.9 Å². The number of benzene rings is 2. The third kappa shape index (κ3) is 5.87. The third-order valence-electron chi connectivity index (χ3n) is 5.69. The Hall–Kier alpha value is -4.13. The molecule has 10 heteroatoms. The van der Waals surface area contributed by atoms with Gasteiger partial charge in [-0.05, 0) is 36.1 Å². The standard InChI is InChI=1S/C25H23F3N6O/c1-25(27,28)19-8-4-17(5-9-19)13-34(20-10-11-20)23-21(26)22(32-15-33-23)30-12-16-2-6-18(7-3-16)24(35)31-14-29/h2-9,15,20H,10-13H2,1H3,(H,31,35)(H,30,32,33). The van der Waals surface area contributed by atoms with Gasteiger partial charge in [0.1, 0.15) is 6.33 Å². The van der Waals surface area contributed by atoms with Crippen molar-refractivity contribution in [1.29, 1.82) is 5.26 Å². The number of aromatic nitrogens is 2. The van der Waals surface area contributed by atoms with E-state index in [1.807, 2.05) is 4.90 Å². The van der Waals surface area contributed by atoms with Gasteiger partial charge >= 0.3 is 0 Å². The van der Waals surface area contributed by atoms with E-state index in [9.17, 15) is 13.6 Å². The topological polar surface area (TPSA) is 93.9 Å². The van der Waals surface area contributed by atoms with Crippen molar-refractivity contribution < 1.29 is 18.0 Å². The lowest BCUT2D eigenvalue weighted by Crippen LogP contribution is -2.27. The summed E-state index contributed by atoms with van der Waals surface area (Å²) >= 11 is 0. The van der Waals surface area contributed by atoms with Crippen LogP contribution < -0.4 is 15.5 Å². The summed E-state index contributed by atoms with van der Waals surface area (Å²) in [7, 11) is 0. The van der Waals surface area contributed by atoms with Crippen LogP contribution in [0.1, 0.15) is 46.8 Å². The number of anilines is 2. The maximum Gasteiger partial charge on any atom is 0.270 e. The lowest BCUT2D eigenvalue weighted by Gasteiger charge is -2.25. The molecule has 0 unspecified atom stereocenters. The van der Waals surface area contributed by atoms with Gasteiger partial charge in [-0.3, -0.25) is 10.1 Å². The second-order valence-electron chi connectivity index (χ2n) is 8.42. The quantitative estimate of drug-likeness (QED) is 0.340. The minimum absolute atomic E-state index is 0.0351. The van der Waals surface area contributed by atoms with E-state index in [1.165, 1.54) is 18.5 Å². The molecule has 2 N–H and O–H groups in total. The number of carbonyl (C=O) groups is 1. The highest BCUT2D eigenvalue weighted by Crippen LogP contribution is 2.35. The number of hydrogen-bond acceptors (Lipinski definition) is 6. The molecule has 0 radical (unpaired) electrons. The van der Waals surface area contributed by atoms with Gasteiger partial charge in [0.25, 0.3) is 11.8 Å². The molecule has 0 bridgehead atoms. The van der Waals surface area contributed by atoms with Crippen molar-refractivity contribution in [2.75, 3.05) is 10.2 Å². The zero-order chi connectivity index (χ0) is 25.0. The zero-order valence-electron chi connectivity index (χ0n) is 18.9. The smallest absolute Gasteiger partial charge is 0.270 e. The summed E-state index contributed by atoms with van der Waals surface area (Å²) in [4.78, 5) is 21.7. The summed E-state index contributed by atoms with van der Waals surface area (Å²) in [6.45, 7) is 1.44. The van der Waals surface area contributed by atoms with Crippen LogP contribution in [-0.4, -0.2) is 21.9 Å². The van der Waals surface area contributed by atoms with Gasteiger partial charge in [0.2, 0.25) is 5.82 Å². The van der Waals surface area contributed by atoms with E-state index in [4.69, 9.17) is 5.26 Å². The molecular formula is C25H23F3N6O. The molecule has 4 rings (SSSR count). The van der Waals surface area contributed by atoms with Crippen LogP contribution in [0.5, 0.6) is 0 Å². The fraction of sp³-hybridized carbons (Fsp3) is 0.280. The Bertz CT molecular complexity index is 1230. The number of halogens is 3. The summed E-state index contributed by atoms with van der Waals surface area (Å²) in [5.74, 6) is -3.83. The summed E-state index contributed by atoms with van der Waals surface area (Å²) in [6.07, 6.45) is 4.65. The van der Waals surface area contributed by atoms with E-state index in [2.05, 4.69) is 20.6 Å². The van der Waals surface area contributed by atoms with Crippen molar-refractivity contribution in [3.05, 3.63) is 82.9 Å². The highest BCUT2D eigenvalue weighted by atomic mass is 19.3. The molecule has 1 fully saturated rings. The molecule has 1 heterocycles. The first kappa shape index (κ1) is 24.0. The van der Waals surface area contributed by atoms with Crippen LogP contribution in [0.2, 0.25) is 0 Å². The number of hydrogen-bond donors (Lipinski definition) is 2. The molecule has 2 aromatic carbocycles. The molecule has 7 nitrogen and oxygen atoms in total. The molecule has 0 saturated heterocycles. The third-order valence-corrected chi connectivity index (χ3v) is 5.69. The first-order valence-electron chi connectivity index (χ1n) is 11.0. The number of amides is 1. The van der Waals surface area contributed by atoms with E-state index in [0.29, 0.717) is 12.1 Å². The van der Waals surface area contributed by atoms with E-state index in [-0.39, 0.29) is 29.8 Å². The Morgan fingerprint density at radius 3 is 2.37 bits per heavy atom. The Labute approximate surface area is 200 Å². The van der Waals surface area contributed by atoms with Crippen LogP contribution in [0.3, 0.4) is 0 Å². The van der Waals surface area contributed by atoms with Gasteiger partial charge in [0.05, 0.1) is 0 Å². The summed E-state index contributed by atoms with van der Waals surface area (Å²) in [6, 6.07) is 12.7. The predicted octanol–water partition coefficient (Wildman–Crippen LogP) is 4.72. The van der Waals surface area contributed by atoms with Crippen molar-refractivity contribution in [2.45, 2.75) is 44.8 Å². The molecular weight excluding hydrogens is 457 g/mol. The lowest BCUT2D eigenvalue weighted by atomic mass is 10.1. The number of rotatable bonds is 9. The maximum absolute atomic E-state index is 15.4. The van der Waals surface area contributed by atoms with Crippen LogP contribution in [-0.2, 0) is 19.0 Å². The second-order valence-corrected chi connectivity index (χ2v) is 8.42. The van der Waals surface area contributed by atoms with Crippen LogP contribution >= 0.6 is 0 Å². The van der Waals surface area contributed by atoms with Crippen molar-refractivity contribution in [3.63, 3.8) is 0 Å². The van der Waals surface area contributed by atoms with Gasteiger partial charge in [-0.1, -0.05) is 36.4 Å². The summed E-state index contributed by atoms with van der Waals surface area (Å²) in [5, 5.41) is 13.5. The monoisotopic (exact) mass is 480 g/mol. The molecule has 1 amide bonds. The van der Waals surface area contributed by atoms with Crippen LogP contribution in [0.25, 0.3) is 0 Å². The van der Waals surface area contributed by atoms with Crippen LogP contribution in [0.15, 0.2) is 54.9 Å². The minimum atomic E-state index is -2.92. The Kier molecular flexibility index (Phi) is 6.87. The highest BCUT2D eigenvalue weighted by Gasteiger charge is 2.33. The van der Waals surface area contributed by atoms with E-state index in [1.54, 1.807) is 42.6 Å². The average Bonchev–Trinajstić information content (AvgIpc) is 3.68. The number of nitrogens with zero attached hydrogens (tertiary/aromatic N) is 4. The van der Waals surface area contributed by atoms with Crippen LogP contribution in [0.4, 0.5) is 24.8 Å². The SMILES string of the molecule is CC(F)(F)c1ccc(CN(c2ncnc(NCc3ccc(C(=O)NC#N)cc3)c2F)C2CC2)cc1. The first-order chi connectivity index (χ1) is 16.8. The van der Waals surface area contributed by atoms with Gasteiger partial charge in [-0.25, -0.2) is 18.7 Å². The first-order valence-corrected chi connectivity index (χ1v) is 11.0. The maximum atomic E-state index is 15.4. The molecule has 1 aromatic heterocycles. The fourth-order valence-corrected chi connectivity index (χ4v) is 3.63. The van der Waals surface area contributed by atoms with E-state index < -0.39 is 17.6 Å². The highest BCUT2D eigenvalue weighted by molar-refractivity contribution is 5.95. The molecule has 0 atom stereocenters. The number of carbonyl (C=O) groups excluding carboxylic acids is 1. The Balaban J connectivity index is 1.47. The summed E-state index contributed by atoms with van der Waals surface area (Å²) in [5.41, 5.74) is 1.82. The molecule has 180 valence electrons. The molecule has 0 aliphatic heterocycles.